The molecule has 4 heteroatoms. The van der Waals surface area contributed by atoms with Crippen LogP contribution in [-0.2, 0) is 0 Å². The highest BCUT2D eigenvalue weighted by molar-refractivity contribution is 5.74. The zero-order valence-corrected chi connectivity index (χ0v) is 8.75. The molecule has 0 fully saturated rings. The van der Waals surface area contributed by atoms with Crippen LogP contribution in [0.3, 0.4) is 0 Å². The van der Waals surface area contributed by atoms with Gasteiger partial charge >= 0.3 is 0 Å². The summed E-state index contributed by atoms with van der Waals surface area (Å²) in [7, 11) is 0. The average molecular weight is 214 g/mol. The lowest BCUT2D eigenvalue weighted by Crippen LogP contribution is -1.90. The van der Waals surface area contributed by atoms with Gasteiger partial charge in [-0.2, -0.15) is 0 Å². The number of aldehydes is 1. The van der Waals surface area contributed by atoms with Gasteiger partial charge in [0, 0.05) is 17.3 Å². The Morgan fingerprint density at radius 1 is 1.19 bits per heavy atom. The predicted octanol–water partition coefficient (Wildman–Crippen LogP) is 2.39. The van der Waals surface area contributed by atoms with Crippen molar-refractivity contribution in [1.29, 1.82) is 0 Å². The number of carbonyl (C=O) groups excluding carboxylic acids is 1. The van der Waals surface area contributed by atoms with Crippen LogP contribution < -0.4 is 4.74 Å². The second-order valence-corrected chi connectivity index (χ2v) is 3.29. The van der Waals surface area contributed by atoms with Gasteiger partial charge in [0.25, 0.3) is 0 Å². The van der Waals surface area contributed by atoms with E-state index in [1.807, 2.05) is 6.92 Å². The van der Waals surface area contributed by atoms with E-state index < -0.39 is 0 Å². The van der Waals surface area contributed by atoms with Gasteiger partial charge in [-0.1, -0.05) is 0 Å². The molecule has 1 aromatic carbocycles. The van der Waals surface area contributed by atoms with E-state index in [0.717, 1.165) is 12.0 Å². The summed E-state index contributed by atoms with van der Waals surface area (Å²) in [5.74, 6) is 1.13. The summed E-state index contributed by atoms with van der Waals surface area (Å²) < 4.78 is 5.49. The molecule has 1 aromatic heterocycles. The van der Waals surface area contributed by atoms with Gasteiger partial charge in [-0.25, -0.2) is 9.97 Å². The number of hydrogen-bond donors (Lipinski definition) is 0. The highest BCUT2D eigenvalue weighted by Gasteiger charge is 1.99. The Morgan fingerprint density at radius 2 is 1.94 bits per heavy atom. The first-order chi connectivity index (χ1) is 7.78. The molecule has 0 unspecified atom stereocenters. The Balaban J connectivity index is 2.17. The predicted molar refractivity (Wildman–Crippen MR) is 58.7 cm³/mol. The molecule has 0 spiro atoms. The van der Waals surface area contributed by atoms with Crippen LogP contribution in [0.4, 0.5) is 0 Å². The number of carbonyl (C=O) groups is 1. The molecule has 0 bridgehead atoms. The quantitative estimate of drug-likeness (QED) is 0.736. The van der Waals surface area contributed by atoms with Crippen LogP contribution in [0.2, 0.25) is 0 Å². The number of aromatic nitrogens is 2. The third-order valence-corrected chi connectivity index (χ3v) is 2.02. The topological polar surface area (TPSA) is 52.1 Å². The summed E-state index contributed by atoms with van der Waals surface area (Å²) in [6.07, 6.45) is 2.24. The maximum atomic E-state index is 10.5. The number of nitrogens with zero attached hydrogens (tertiary/aromatic N) is 2. The minimum atomic E-state index is 0.492. The fourth-order valence-electron chi connectivity index (χ4n) is 1.22. The lowest BCUT2D eigenvalue weighted by molar-refractivity contribution is 0.112. The van der Waals surface area contributed by atoms with Crippen molar-refractivity contribution in [2.45, 2.75) is 6.92 Å². The molecule has 0 N–H and O–H groups in total. The molecule has 16 heavy (non-hydrogen) atoms. The fourth-order valence-corrected chi connectivity index (χ4v) is 1.22. The van der Waals surface area contributed by atoms with Crippen molar-refractivity contribution in [1.82, 2.24) is 9.97 Å². The van der Waals surface area contributed by atoms with Crippen LogP contribution in [0.15, 0.2) is 36.7 Å². The molecule has 0 aliphatic carbocycles. The lowest BCUT2D eigenvalue weighted by atomic mass is 10.2. The van der Waals surface area contributed by atoms with E-state index >= 15 is 0 Å². The minimum absolute atomic E-state index is 0.492. The molecule has 0 aliphatic rings. The Morgan fingerprint density at radius 3 is 2.56 bits per heavy atom. The lowest BCUT2D eigenvalue weighted by Gasteiger charge is -2.04. The van der Waals surface area contributed by atoms with Gasteiger partial charge in [0.15, 0.2) is 0 Å². The molecule has 0 saturated heterocycles. The van der Waals surface area contributed by atoms with E-state index in [9.17, 15) is 4.79 Å². The summed E-state index contributed by atoms with van der Waals surface area (Å²) in [5, 5.41) is 0. The van der Waals surface area contributed by atoms with Gasteiger partial charge in [0.05, 0.1) is 0 Å². The molecule has 1 heterocycles. The Bertz CT molecular complexity index is 495. The van der Waals surface area contributed by atoms with Crippen molar-refractivity contribution in [3.05, 3.63) is 47.9 Å². The van der Waals surface area contributed by atoms with E-state index in [-0.39, 0.29) is 0 Å². The van der Waals surface area contributed by atoms with Gasteiger partial charge in [-0.15, -0.1) is 0 Å². The molecule has 4 nitrogen and oxygen atoms in total. The first-order valence-electron chi connectivity index (χ1n) is 4.79. The molecule has 0 atom stereocenters. The molecular weight excluding hydrogens is 204 g/mol. The van der Waals surface area contributed by atoms with E-state index in [2.05, 4.69) is 9.97 Å². The van der Waals surface area contributed by atoms with Crippen LogP contribution in [-0.4, -0.2) is 16.3 Å². The van der Waals surface area contributed by atoms with Gasteiger partial charge in [0.1, 0.15) is 18.4 Å². The van der Waals surface area contributed by atoms with Crippen molar-refractivity contribution in [2.75, 3.05) is 0 Å². The molecule has 0 saturated carbocycles. The number of rotatable bonds is 3. The Kier molecular flexibility index (Phi) is 2.91. The first-order valence-corrected chi connectivity index (χ1v) is 4.79. The summed E-state index contributed by atoms with van der Waals surface area (Å²) in [4.78, 5) is 18.4. The molecule has 0 amide bonds. The van der Waals surface area contributed by atoms with Crippen LogP contribution in [0.1, 0.15) is 16.1 Å². The fraction of sp³-hybridized carbons (Fsp3) is 0.0833. The maximum absolute atomic E-state index is 10.5. The van der Waals surface area contributed by atoms with Crippen molar-refractivity contribution < 1.29 is 9.53 Å². The van der Waals surface area contributed by atoms with Crippen molar-refractivity contribution in [2.24, 2.45) is 0 Å². The molecule has 2 aromatic rings. The monoisotopic (exact) mass is 214 g/mol. The second kappa shape index (κ2) is 4.53. The second-order valence-electron chi connectivity index (χ2n) is 3.29. The number of ether oxygens (including phenoxy) is 1. The van der Waals surface area contributed by atoms with Crippen LogP contribution in [0.25, 0.3) is 0 Å². The third kappa shape index (κ3) is 2.42. The molecule has 2 rings (SSSR count). The molecular formula is C12H10N2O2. The van der Waals surface area contributed by atoms with Crippen molar-refractivity contribution in [3.8, 4) is 11.6 Å². The maximum Gasteiger partial charge on any atom is 0.222 e. The minimum Gasteiger partial charge on any atom is -0.439 e. The van der Waals surface area contributed by atoms with E-state index in [4.69, 9.17) is 4.74 Å². The van der Waals surface area contributed by atoms with E-state index in [1.54, 1.807) is 30.3 Å². The van der Waals surface area contributed by atoms with Crippen molar-refractivity contribution in [3.63, 3.8) is 0 Å². The zero-order chi connectivity index (χ0) is 11.4. The standard InChI is InChI=1S/C12H10N2O2/c1-9-6-12(14-8-13-9)16-11-4-2-10(7-15)3-5-11/h2-8H,1H3. The molecule has 0 aliphatic heterocycles. The number of hydrogen-bond acceptors (Lipinski definition) is 4. The highest BCUT2D eigenvalue weighted by Crippen LogP contribution is 2.19. The Labute approximate surface area is 92.9 Å². The van der Waals surface area contributed by atoms with Gasteiger partial charge in [-0.05, 0) is 31.2 Å². The van der Waals surface area contributed by atoms with E-state index in [0.29, 0.717) is 17.2 Å². The first kappa shape index (κ1) is 10.3. The number of benzene rings is 1. The van der Waals surface area contributed by atoms with Crippen LogP contribution in [0, 0.1) is 6.92 Å². The summed E-state index contributed by atoms with van der Waals surface area (Å²) in [6, 6.07) is 8.57. The normalized spacial score (nSPS) is 9.81. The molecule has 80 valence electrons. The van der Waals surface area contributed by atoms with Crippen molar-refractivity contribution >= 4 is 6.29 Å². The van der Waals surface area contributed by atoms with E-state index in [1.165, 1.54) is 6.33 Å². The van der Waals surface area contributed by atoms with Gasteiger partial charge in [0.2, 0.25) is 5.88 Å². The SMILES string of the molecule is Cc1cc(Oc2ccc(C=O)cc2)ncn1. The molecule has 0 radical (unpaired) electrons. The van der Waals surface area contributed by atoms with Gasteiger partial charge in [-0.3, -0.25) is 4.79 Å². The zero-order valence-electron chi connectivity index (χ0n) is 8.75. The summed E-state index contributed by atoms with van der Waals surface area (Å²) in [6.45, 7) is 1.87. The van der Waals surface area contributed by atoms with Crippen LogP contribution >= 0.6 is 0 Å². The van der Waals surface area contributed by atoms with Gasteiger partial charge < -0.3 is 4.74 Å². The largest absolute Gasteiger partial charge is 0.439 e. The summed E-state index contributed by atoms with van der Waals surface area (Å²) >= 11 is 0. The highest BCUT2D eigenvalue weighted by atomic mass is 16.5. The summed E-state index contributed by atoms with van der Waals surface area (Å²) in [5.41, 5.74) is 1.46. The van der Waals surface area contributed by atoms with Crippen LogP contribution in [0.5, 0.6) is 11.6 Å². The average Bonchev–Trinajstić information content (AvgIpc) is 2.30. The third-order valence-electron chi connectivity index (χ3n) is 2.02. The Hall–Kier alpha value is -2.23. The number of aryl methyl sites for hydroxylation is 1. The smallest absolute Gasteiger partial charge is 0.222 e.